The molecule has 0 aromatic carbocycles. The molecule has 1 aliphatic rings. The molecule has 0 bridgehead atoms. The van der Waals surface area contributed by atoms with Crippen LogP contribution in [0.1, 0.15) is 25.3 Å². The SMILES string of the molecule is CCOC(=O)C1(O)CCN(Cc2ccncc2)CC1. The summed E-state index contributed by atoms with van der Waals surface area (Å²) in [6.45, 7) is 4.26. The zero-order chi connectivity index (χ0) is 13.7. The van der Waals surface area contributed by atoms with Gasteiger partial charge in [-0.05, 0) is 37.5 Å². The lowest BCUT2D eigenvalue weighted by molar-refractivity contribution is -0.170. The summed E-state index contributed by atoms with van der Waals surface area (Å²) in [7, 11) is 0. The monoisotopic (exact) mass is 264 g/mol. The summed E-state index contributed by atoms with van der Waals surface area (Å²) in [6.07, 6.45) is 4.40. The predicted molar refractivity (Wildman–Crippen MR) is 70.3 cm³/mol. The van der Waals surface area contributed by atoms with Gasteiger partial charge in [-0.1, -0.05) is 0 Å². The Kier molecular flexibility index (Phi) is 4.50. The highest BCUT2D eigenvalue weighted by Crippen LogP contribution is 2.24. The minimum Gasteiger partial charge on any atom is -0.464 e. The minimum absolute atomic E-state index is 0.307. The molecule has 1 aromatic rings. The van der Waals surface area contributed by atoms with Gasteiger partial charge in [-0.25, -0.2) is 4.79 Å². The summed E-state index contributed by atoms with van der Waals surface area (Å²) in [5, 5.41) is 10.2. The molecule has 0 amide bonds. The van der Waals surface area contributed by atoms with E-state index in [1.165, 1.54) is 5.56 Å². The Morgan fingerprint density at radius 2 is 2.05 bits per heavy atom. The van der Waals surface area contributed by atoms with Crippen molar-refractivity contribution in [3.8, 4) is 0 Å². The molecule has 1 aliphatic heterocycles. The molecular formula is C14H20N2O3. The number of pyridine rings is 1. The van der Waals surface area contributed by atoms with Crippen molar-refractivity contribution in [1.82, 2.24) is 9.88 Å². The number of hydrogen-bond donors (Lipinski definition) is 1. The van der Waals surface area contributed by atoms with E-state index < -0.39 is 11.6 Å². The van der Waals surface area contributed by atoms with Crippen molar-refractivity contribution in [2.45, 2.75) is 31.9 Å². The number of esters is 1. The van der Waals surface area contributed by atoms with Gasteiger partial charge in [0.25, 0.3) is 0 Å². The molecule has 2 rings (SSSR count). The molecule has 0 saturated carbocycles. The second kappa shape index (κ2) is 6.12. The van der Waals surface area contributed by atoms with E-state index in [0.717, 1.165) is 6.54 Å². The fourth-order valence-corrected chi connectivity index (χ4v) is 2.30. The summed E-state index contributed by atoms with van der Waals surface area (Å²) in [4.78, 5) is 17.9. The van der Waals surface area contributed by atoms with Gasteiger partial charge < -0.3 is 9.84 Å². The van der Waals surface area contributed by atoms with Crippen LogP contribution in [0.15, 0.2) is 24.5 Å². The highest BCUT2D eigenvalue weighted by molar-refractivity contribution is 5.79. The topological polar surface area (TPSA) is 62.7 Å². The Morgan fingerprint density at radius 3 is 2.63 bits per heavy atom. The first kappa shape index (κ1) is 14.0. The van der Waals surface area contributed by atoms with Crippen molar-refractivity contribution in [3.05, 3.63) is 30.1 Å². The van der Waals surface area contributed by atoms with E-state index in [0.29, 0.717) is 32.5 Å². The van der Waals surface area contributed by atoms with E-state index in [4.69, 9.17) is 4.74 Å². The van der Waals surface area contributed by atoms with E-state index in [9.17, 15) is 9.90 Å². The lowest BCUT2D eigenvalue weighted by Gasteiger charge is -2.36. The Morgan fingerprint density at radius 1 is 1.42 bits per heavy atom. The quantitative estimate of drug-likeness (QED) is 0.821. The molecule has 5 nitrogen and oxygen atoms in total. The predicted octanol–water partition coefficient (Wildman–Crippen LogP) is 0.972. The average Bonchev–Trinajstić information content (AvgIpc) is 2.43. The summed E-state index contributed by atoms with van der Waals surface area (Å²) in [5.74, 6) is -0.487. The van der Waals surface area contributed by atoms with Gasteiger partial charge in [0, 0.05) is 32.0 Å². The Labute approximate surface area is 113 Å². The zero-order valence-electron chi connectivity index (χ0n) is 11.2. The molecular weight excluding hydrogens is 244 g/mol. The van der Waals surface area contributed by atoms with Crippen LogP contribution in [-0.4, -0.2) is 46.3 Å². The molecule has 0 unspecified atom stereocenters. The lowest BCUT2D eigenvalue weighted by Crippen LogP contribution is -2.49. The van der Waals surface area contributed by atoms with Gasteiger partial charge in [0.15, 0.2) is 5.60 Å². The summed E-state index contributed by atoms with van der Waals surface area (Å²) >= 11 is 0. The largest absolute Gasteiger partial charge is 0.464 e. The first-order valence-electron chi connectivity index (χ1n) is 6.65. The summed E-state index contributed by atoms with van der Waals surface area (Å²) in [6, 6.07) is 3.96. The molecule has 104 valence electrons. The molecule has 0 spiro atoms. The Bertz CT molecular complexity index is 414. The summed E-state index contributed by atoms with van der Waals surface area (Å²) in [5.41, 5.74) is -0.110. The van der Waals surface area contributed by atoms with Crippen LogP contribution in [0.25, 0.3) is 0 Å². The fraction of sp³-hybridized carbons (Fsp3) is 0.571. The van der Waals surface area contributed by atoms with Gasteiger partial charge in [0.2, 0.25) is 0 Å². The van der Waals surface area contributed by atoms with Crippen LogP contribution in [-0.2, 0) is 16.1 Å². The molecule has 2 heterocycles. The second-order valence-electron chi connectivity index (χ2n) is 4.88. The molecule has 0 aliphatic carbocycles. The number of aliphatic hydroxyl groups is 1. The number of ether oxygens (including phenoxy) is 1. The van der Waals surface area contributed by atoms with Gasteiger partial charge in [-0.3, -0.25) is 9.88 Å². The number of nitrogens with zero attached hydrogens (tertiary/aromatic N) is 2. The Balaban J connectivity index is 1.87. The van der Waals surface area contributed by atoms with Crippen molar-refractivity contribution in [1.29, 1.82) is 0 Å². The molecule has 1 fully saturated rings. The van der Waals surface area contributed by atoms with Gasteiger partial charge >= 0.3 is 5.97 Å². The maximum atomic E-state index is 11.7. The first-order chi connectivity index (χ1) is 9.14. The van der Waals surface area contributed by atoms with Crippen LogP contribution in [0.2, 0.25) is 0 Å². The van der Waals surface area contributed by atoms with E-state index >= 15 is 0 Å². The normalized spacial score (nSPS) is 19.1. The van der Waals surface area contributed by atoms with Gasteiger partial charge in [0.05, 0.1) is 6.61 Å². The van der Waals surface area contributed by atoms with E-state index in [1.807, 2.05) is 12.1 Å². The van der Waals surface area contributed by atoms with Crippen LogP contribution in [0.5, 0.6) is 0 Å². The number of carbonyl (C=O) groups excluding carboxylic acids is 1. The maximum absolute atomic E-state index is 11.7. The zero-order valence-corrected chi connectivity index (χ0v) is 11.2. The third-order valence-corrected chi connectivity index (χ3v) is 3.49. The van der Waals surface area contributed by atoms with Gasteiger partial charge in [0.1, 0.15) is 0 Å². The van der Waals surface area contributed by atoms with Crippen LogP contribution in [0.4, 0.5) is 0 Å². The minimum atomic E-state index is -1.30. The van der Waals surface area contributed by atoms with Crippen LogP contribution in [0, 0.1) is 0 Å². The number of aromatic nitrogens is 1. The number of carbonyl (C=O) groups is 1. The van der Waals surface area contributed by atoms with Gasteiger partial charge in [-0.2, -0.15) is 0 Å². The van der Waals surface area contributed by atoms with Gasteiger partial charge in [-0.15, -0.1) is 0 Å². The van der Waals surface area contributed by atoms with E-state index in [1.54, 1.807) is 19.3 Å². The van der Waals surface area contributed by atoms with E-state index in [2.05, 4.69) is 9.88 Å². The number of rotatable bonds is 4. The molecule has 0 radical (unpaired) electrons. The molecule has 0 atom stereocenters. The maximum Gasteiger partial charge on any atom is 0.338 e. The number of piperidine rings is 1. The summed E-state index contributed by atoms with van der Waals surface area (Å²) < 4.78 is 4.92. The molecule has 5 heteroatoms. The third kappa shape index (κ3) is 3.52. The van der Waals surface area contributed by atoms with Crippen LogP contribution >= 0.6 is 0 Å². The van der Waals surface area contributed by atoms with Crippen LogP contribution < -0.4 is 0 Å². The van der Waals surface area contributed by atoms with E-state index in [-0.39, 0.29) is 0 Å². The molecule has 1 N–H and O–H groups in total. The van der Waals surface area contributed by atoms with Crippen LogP contribution in [0.3, 0.4) is 0 Å². The molecule has 1 aromatic heterocycles. The highest BCUT2D eigenvalue weighted by Gasteiger charge is 2.40. The lowest BCUT2D eigenvalue weighted by atomic mass is 9.91. The fourth-order valence-electron chi connectivity index (χ4n) is 2.30. The number of likely N-dealkylation sites (tertiary alicyclic amines) is 1. The van der Waals surface area contributed by atoms with Crippen molar-refractivity contribution >= 4 is 5.97 Å². The average molecular weight is 264 g/mol. The highest BCUT2D eigenvalue weighted by atomic mass is 16.5. The van der Waals surface area contributed by atoms with Crippen molar-refractivity contribution in [2.75, 3.05) is 19.7 Å². The third-order valence-electron chi connectivity index (χ3n) is 3.49. The Hall–Kier alpha value is -1.46. The molecule has 1 saturated heterocycles. The van der Waals surface area contributed by atoms with Crippen molar-refractivity contribution < 1.29 is 14.6 Å². The smallest absolute Gasteiger partial charge is 0.338 e. The standard InChI is InChI=1S/C14H20N2O3/c1-2-19-13(17)14(18)5-9-16(10-6-14)11-12-3-7-15-8-4-12/h3-4,7-8,18H,2,5-6,9-11H2,1H3. The second-order valence-corrected chi connectivity index (χ2v) is 4.88. The first-order valence-corrected chi connectivity index (χ1v) is 6.65. The van der Waals surface area contributed by atoms with Crippen molar-refractivity contribution in [3.63, 3.8) is 0 Å². The molecule has 19 heavy (non-hydrogen) atoms. The number of hydrogen-bond acceptors (Lipinski definition) is 5. The van der Waals surface area contributed by atoms with Crippen molar-refractivity contribution in [2.24, 2.45) is 0 Å².